The van der Waals surface area contributed by atoms with Crippen molar-refractivity contribution in [3.05, 3.63) is 35.4 Å². The van der Waals surface area contributed by atoms with Gasteiger partial charge in [0.1, 0.15) is 0 Å². The Bertz CT molecular complexity index is 584. The standard InChI is InChI=1S/C17H20F3NO3/c1-24-16(23)14-5-3-2-4-12(14)10-21-15(22)11-6-8-13(9-7-11)17(18,19)20/h6-9,12,14H,2-5,10H2,1H3,(H,21,22). The number of esters is 1. The molecule has 0 aromatic heterocycles. The smallest absolute Gasteiger partial charge is 0.416 e. The Kier molecular flexibility index (Phi) is 5.85. The fraction of sp³-hybridized carbons (Fsp3) is 0.529. The second-order valence-electron chi connectivity index (χ2n) is 5.96. The van der Waals surface area contributed by atoms with Crippen molar-refractivity contribution in [1.82, 2.24) is 5.32 Å². The van der Waals surface area contributed by atoms with E-state index in [4.69, 9.17) is 4.74 Å². The predicted octanol–water partition coefficient (Wildman–Crippen LogP) is 3.41. The molecule has 0 saturated heterocycles. The summed E-state index contributed by atoms with van der Waals surface area (Å²) >= 11 is 0. The van der Waals surface area contributed by atoms with Crippen LogP contribution in [0.1, 0.15) is 41.6 Å². The summed E-state index contributed by atoms with van der Waals surface area (Å²) in [5.74, 6) is -0.970. The molecule has 1 fully saturated rings. The maximum atomic E-state index is 12.5. The van der Waals surface area contributed by atoms with E-state index in [0.717, 1.165) is 49.9 Å². The van der Waals surface area contributed by atoms with E-state index in [1.165, 1.54) is 7.11 Å². The van der Waals surface area contributed by atoms with Crippen LogP contribution in [0.2, 0.25) is 0 Å². The van der Waals surface area contributed by atoms with Gasteiger partial charge in [-0.2, -0.15) is 13.2 Å². The normalized spacial score (nSPS) is 21.2. The Hall–Kier alpha value is -2.05. The molecule has 0 bridgehead atoms. The Morgan fingerprint density at radius 1 is 1.17 bits per heavy atom. The molecule has 0 heterocycles. The van der Waals surface area contributed by atoms with Crippen LogP contribution >= 0.6 is 0 Å². The zero-order valence-electron chi connectivity index (χ0n) is 13.4. The highest BCUT2D eigenvalue weighted by molar-refractivity contribution is 5.94. The molecule has 0 aliphatic heterocycles. The highest BCUT2D eigenvalue weighted by Gasteiger charge is 2.32. The van der Waals surface area contributed by atoms with Crippen molar-refractivity contribution in [1.29, 1.82) is 0 Å². The lowest BCUT2D eigenvalue weighted by molar-refractivity contribution is -0.148. The molecule has 2 atom stereocenters. The number of ether oxygens (including phenoxy) is 1. The van der Waals surface area contributed by atoms with E-state index < -0.39 is 17.6 Å². The summed E-state index contributed by atoms with van der Waals surface area (Å²) in [6.07, 6.45) is -0.956. The molecule has 4 nitrogen and oxygen atoms in total. The van der Waals surface area contributed by atoms with Gasteiger partial charge in [0.05, 0.1) is 18.6 Å². The first-order chi connectivity index (χ1) is 11.3. The predicted molar refractivity (Wildman–Crippen MR) is 81.2 cm³/mol. The fourth-order valence-electron chi connectivity index (χ4n) is 3.05. The third kappa shape index (κ3) is 4.49. The third-order valence-corrected chi connectivity index (χ3v) is 4.41. The fourth-order valence-corrected chi connectivity index (χ4v) is 3.05. The topological polar surface area (TPSA) is 55.4 Å². The van der Waals surface area contributed by atoms with Crippen LogP contribution in [0.15, 0.2) is 24.3 Å². The first-order valence-electron chi connectivity index (χ1n) is 7.86. The summed E-state index contributed by atoms with van der Waals surface area (Å²) in [7, 11) is 1.34. The highest BCUT2D eigenvalue weighted by Crippen LogP contribution is 2.31. The van der Waals surface area contributed by atoms with E-state index in [0.29, 0.717) is 6.54 Å². The van der Waals surface area contributed by atoms with E-state index in [9.17, 15) is 22.8 Å². The number of rotatable bonds is 4. The molecule has 1 aliphatic carbocycles. The van der Waals surface area contributed by atoms with Crippen molar-refractivity contribution in [2.45, 2.75) is 31.9 Å². The van der Waals surface area contributed by atoms with Crippen molar-refractivity contribution < 1.29 is 27.5 Å². The molecule has 0 spiro atoms. The number of halogens is 3. The summed E-state index contributed by atoms with van der Waals surface area (Å²) in [6.45, 7) is 0.305. The Morgan fingerprint density at radius 3 is 2.38 bits per heavy atom. The zero-order valence-corrected chi connectivity index (χ0v) is 13.4. The van der Waals surface area contributed by atoms with Crippen LogP contribution in [0.5, 0.6) is 0 Å². The molecule has 24 heavy (non-hydrogen) atoms. The van der Waals surface area contributed by atoms with Crippen LogP contribution < -0.4 is 5.32 Å². The minimum Gasteiger partial charge on any atom is -0.469 e. The number of carbonyl (C=O) groups is 2. The van der Waals surface area contributed by atoms with Crippen molar-refractivity contribution in [3.8, 4) is 0 Å². The second-order valence-corrected chi connectivity index (χ2v) is 5.96. The van der Waals surface area contributed by atoms with Crippen LogP contribution in [0, 0.1) is 11.8 Å². The largest absolute Gasteiger partial charge is 0.469 e. The van der Waals surface area contributed by atoms with Crippen molar-refractivity contribution in [3.63, 3.8) is 0 Å². The number of hydrogen-bond acceptors (Lipinski definition) is 3. The first-order valence-corrected chi connectivity index (χ1v) is 7.86. The molecule has 1 N–H and O–H groups in total. The maximum Gasteiger partial charge on any atom is 0.416 e. The lowest BCUT2D eigenvalue weighted by Crippen LogP contribution is -2.37. The summed E-state index contributed by atoms with van der Waals surface area (Å²) in [6, 6.07) is 4.06. The third-order valence-electron chi connectivity index (χ3n) is 4.41. The van der Waals surface area contributed by atoms with Crippen molar-refractivity contribution in [2.24, 2.45) is 11.8 Å². The molecule has 1 aliphatic rings. The molecular weight excluding hydrogens is 323 g/mol. The molecule has 2 rings (SSSR count). The lowest BCUT2D eigenvalue weighted by atomic mass is 9.79. The van der Waals surface area contributed by atoms with Gasteiger partial charge in [-0.05, 0) is 43.0 Å². The van der Waals surface area contributed by atoms with E-state index in [1.807, 2.05) is 0 Å². The van der Waals surface area contributed by atoms with Crippen LogP contribution in [0.3, 0.4) is 0 Å². The second kappa shape index (κ2) is 7.68. The van der Waals surface area contributed by atoms with Crippen molar-refractivity contribution in [2.75, 3.05) is 13.7 Å². The van der Waals surface area contributed by atoms with Crippen molar-refractivity contribution >= 4 is 11.9 Å². The van der Waals surface area contributed by atoms with Gasteiger partial charge in [-0.25, -0.2) is 0 Å². The Morgan fingerprint density at radius 2 is 1.79 bits per heavy atom. The average Bonchev–Trinajstić information content (AvgIpc) is 2.58. The lowest BCUT2D eigenvalue weighted by Gasteiger charge is -2.29. The summed E-state index contributed by atoms with van der Waals surface area (Å²) < 4.78 is 42.4. The molecule has 1 aromatic carbocycles. The number of nitrogens with one attached hydrogen (secondary N) is 1. The summed E-state index contributed by atoms with van der Waals surface area (Å²) in [4.78, 5) is 23.9. The van der Waals surface area contributed by atoms with Crippen LogP contribution in [0.4, 0.5) is 13.2 Å². The Labute approximate surface area is 138 Å². The van der Waals surface area contributed by atoms with Gasteiger partial charge in [0.2, 0.25) is 0 Å². The average molecular weight is 343 g/mol. The highest BCUT2D eigenvalue weighted by atomic mass is 19.4. The molecule has 132 valence electrons. The number of hydrogen-bond donors (Lipinski definition) is 1. The number of amides is 1. The van der Waals surface area contributed by atoms with Gasteiger partial charge in [-0.1, -0.05) is 12.8 Å². The number of carbonyl (C=O) groups excluding carboxylic acids is 2. The van der Waals surface area contributed by atoms with E-state index in [2.05, 4.69) is 5.32 Å². The van der Waals surface area contributed by atoms with Gasteiger partial charge in [-0.15, -0.1) is 0 Å². The van der Waals surface area contributed by atoms with Gasteiger partial charge in [0, 0.05) is 12.1 Å². The van der Waals surface area contributed by atoms with Gasteiger partial charge in [0.25, 0.3) is 5.91 Å². The SMILES string of the molecule is COC(=O)C1CCCCC1CNC(=O)c1ccc(C(F)(F)F)cc1. The molecule has 0 radical (unpaired) electrons. The van der Waals surface area contributed by atoms with Crippen LogP contribution in [-0.4, -0.2) is 25.5 Å². The number of alkyl halides is 3. The molecule has 1 amide bonds. The molecule has 1 saturated carbocycles. The molecular formula is C17H20F3NO3. The van der Waals surface area contributed by atoms with E-state index in [1.54, 1.807) is 0 Å². The van der Waals surface area contributed by atoms with E-state index >= 15 is 0 Å². The van der Waals surface area contributed by atoms with Gasteiger partial charge >= 0.3 is 12.1 Å². The summed E-state index contributed by atoms with van der Waals surface area (Å²) in [5.41, 5.74) is -0.634. The zero-order chi connectivity index (χ0) is 17.7. The minimum atomic E-state index is -4.43. The number of methoxy groups -OCH3 is 1. The first kappa shape index (κ1) is 18.3. The van der Waals surface area contributed by atoms with Gasteiger partial charge < -0.3 is 10.1 Å². The van der Waals surface area contributed by atoms with Gasteiger partial charge in [0.15, 0.2) is 0 Å². The van der Waals surface area contributed by atoms with Gasteiger partial charge in [-0.3, -0.25) is 9.59 Å². The quantitative estimate of drug-likeness (QED) is 0.853. The Balaban J connectivity index is 1.95. The van der Waals surface area contributed by atoms with E-state index in [-0.39, 0.29) is 23.4 Å². The minimum absolute atomic E-state index is 0.00963. The van der Waals surface area contributed by atoms with Crippen LogP contribution in [0.25, 0.3) is 0 Å². The molecule has 2 unspecified atom stereocenters. The number of benzene rings is 1. The van der Waals surface area contributed by atoms with Crippen LogP contribution in [-0.2, 0) is 15.7 Å². The molecule has 1 aromatic rings. The summed E-state index contributed by atoms with van der Waals surface area (Å²) in [5, 5.41) is 2.71. The monoisotopic (exact) mass is 343 g/mol. The molecule has 7 heteroatoms. The maximum absolute atomic E-state index is 12.5.